The molecule has 0 aliphatic heterocycles. The molecule has 0 amide bonds. The molecule has 0 fully saturated rings. The molecule has 0 heterocycles. The Kier molecular flexibility index (Phi) is 3.60. The van der Waals surface area contributed by atoms with Crippen molar-refractivity contribution in [2.24, 2.45) is 0 Å². The lowest BCUT2D eigenvalue weighted by Gasteiger charge is -2.09. The third-order valence-corrected chi connectivity index (χ3v) is 2.18. The molecule has 0 radical (unpaired) electrons. The van der Waals surface area contributed by atoms with Crippen LogP contribution in [0.1, 0.15) is 18.1 Å². The summed E-state index contributed by atoms with van der Waals surface area (Å²) in [6.45, 7) is 0. The number of aliphatic carboxylic acids is 1. The zero-order chi connectivity index (χ0) is 10.7. The van der Waals surface area contributed by atoms with Crippen LogP contribution < -0.4 is 0 Å². The number of carboxylic acid groups (broad SMARTS) is 1. The lowest BCUT2D eigenvalue weighted by molar-refractivity contribution is -0.139. The fourth-order valence-electron chi connectivity index (χ4n) is 1.05. The number of hydrogen-bond acceptors (Lipinski definition) is 2. The van der Waals surface area contributed by atoms with Crippen molar-refractivity contribution in [1.29, 1.82) is 0 Å². The molecule has 0 aliphatic rings. The average Bonchev–Trinajstić information content (AvgIpc) is 2.08. The monoisotopic (exact) mass is 262 g/mol. The maximum Gasteiger partial charge on any atom is 0.306 e. The van der Waals surface area contributed by atoms with Crippen molar-refractivity contribution in [2.75, 3.05) is 0 Å². The second-order valence-electron chi connectivity index (χ2n) is 2.78. The molecule has 0 bridgehead atoms. The van der Waals surface area contributed by atoms with Crippen molar-refractivity contribution in [3.05, 3.63) is 34.1 Å². The second kappa shape index (κ2) is 4.52. The van der Waals surface area contributed by atoms with Crippen molar-refractivity contribution in [3.8, 4) is 0 Å². The molecule has 0 aromatic heterocycles. The third kappa shape index (κ3) is 2.78. The highest BCUT2D eigenvalue weighted by Gasteiger charge is 2.16. The number of carboxylic acids is 1. The van der Waals surface area contributed by atoms with Crippen molar-refractivity contribution in [3.63, 3.8) is 0 Å². The van der Waals surface area contributed by atoms with Gasteiger partial charge in [0.05, 0.1) is 12.5 Å². The number of aliphatic hydroxyl groups excluding tert-OH is 1. The molecule has 1 aromatic carbocycles. The van der Waals surface area contributed by atoms with Gasteiger partial charge in [0.25, 0.3) is 0 Å². The Morgan fingerprint density at radius 2 is 2.21 bits per heavy atom. The molecule has 1 atom stereocenters. The van der Waals surface area contributed by atoms with Crippen LogP contribution in [-0.4, -0.2) is 16.2 Å². The van der Waals surface area contributed by atoms with Gasteiger partial charge in [-0.2, -0.15) is 0 Å². The van der Waals surface area contributed by atoms with Gasteiger partial charge in [0.2, 0.25) is 0 Å². The smallest absolute Gasteiger partial charge is 0.306 e. The van der Waals surface area contributed by atoms with E-state index in [1.807, 2.05) is 0 Å². The van der Waals surface area contributed by atoms with Crippen LogP contribution in [0.3, 0.4) is 0 Å². The van der Waals surface area contributed by atoms with Gasteiger partial charge in [0.15, 0.2) is 0 Å². The van der Waals surface area contributed by atoms with Crippen LogP contribution in [0.5, 0.6) is 0 Å². The summed E-state index contributed by atoms with van der Waals surface area (Å²) >= 11 is 3.11. The molecule has 0 unspecified atom stereocenters. The van der Waals surface area contributed by atoms with E-state index in [0.29, 0.717) is 4.47 Å². The second-order valence-corrected chi connectivity index (χ2v) is 3.70. The van der Waals surface area contributed by atoms with Gasteiger partial charge in [0.1, 0.15) is 5.82 Å². The van der Waals surface area contributed by atoms with E-state index in [2.05, 4.69) is 15.9 Å². The zero-order valence-corrected chi connectivity index (χ0v) is 8.66. The van der Waals surface area contributed by atoms with Crippen molar-refractivity contribution < 1.29 is 19.4 Å². The minimum absolute atomic E-state index is 0.0122. The number of carbonyl (C=O) groups is 1. The fourth-order valence-corrected chi connectivity index (χ4v) is 1.42. The van der Waals surface area contributed by atoms with E-state index in [1.165, 1.54) is 18.2 Å². The summed E-state index contributed by atoms with van der Waals surface area (Å²) in [5, 5.41) is 17.8. The van der Waals surface area contributed by atoms with Gasteiger partial charge in [0, 0.05) is 10.0 Å². The first-order chi connectivity index (χ1) is 6.50. The predicted octanol–water partition coefficient (Wildman–Crippen LogP) is 2.10. The van der Waals surface area contributed by atoms with Crippen molar-refractivity contribution >= 4 is 21.9 Å². The maximum absolute atomic E-state index is 13.1. The molecule has 76 valence electrons. The van der Waals surface area contributed by atoms with Crippen LogP contribution in [0.25, 0.3) is 0 Å². The van der Waals surface area contributed by atoms with Gasteiger partial charge < -0.3 is 10.2 Å². The first-order valence-electron chi connectivity index (χ1n) is 3.85. The molecular formula is C9H8BrFO3. The molecule has 1 rings (SSSR count). The van der Waals surface area contributed by atoms with Crippen LogP contribution >= 0.6 is 15.9 Å². The lowest BCUT2D eigenvalue weighted by atomic mass is 10.1. The number of hydrogen-bond donors (Lipinski definition) is 2. The number of halogens is 2. The molecule has 5 heteroatoms. The van der Waals surface area contributed by atoms with Gasteiger partial charge in [-0.05, 0) is 18.2 Å². The van der Waals surface area contributed by atoms with E-state index < -0.39 is 24.3 Å². The van der Waals surface area contributed by atoms with Gasteiger partial charge >= 0.3 is 5.97 Å². The number of rotatable bonds is 3. The van der Waals surface area contributed by atoms with Crippen LogP contribution in [0.4, 0.5) is 4.39 Å². The quantitative estimate of drug-likeness (QED) is 0.877. The minimum Gasteiger partial charge on any atom is -0.481 e. The molecule has 1 aromatic rings. The summed E-state index contributed by atoms with van der Waals surface area (Å²) < 4.78 is 13.7. The Labute approximate surface area is 88.3 Å². The van der Waals surface area contributed by atoms with Gasteiger partial charge in [-0.25, -0.2) is 4.39 Å². The normalized spacial score (nSPS) is 12.5. The highest BCUT2D eigenvalue weighted by Crippen LogP contribution is 2.23. The highest BCUT2D eigenvalue weighted by atomic mass is 79.9. The largest absolute Gasteiger partial charge is 0.481 e. The van der Waals surface area contributed by atoms with E-state index in [4.69, 9.17) is 5.11 Å². The van der Waals surface area contributed by atoms with Crippen LogP contribution in [0.15, 0.2) is 22.7 Å². The summed E-state index contributed by atoms with van der Waals surface area (Å²) in [6.07, 6.45) is -1.82. The molecule has 0 spiro atoms. The molecule has 14 heavy (non-hydrogen) atoms. The fraction of sp³-hybridized carbons (Fsp3) is 0.222. The molecule has 0 saturated heterocycles. The number of aliphatic hydroxyl groups is 1. The summed E-state index contributed by atoms with van der Waals surface area (Å²) in [5.41, 5.74) is -0.0122. The van der Waals surface area contributed by atoms with Crippen molar-refractivity contribution in [2.45, 2.75) is 12.5 Å². The van der Waals surface area contributed by atoms with E-state index in [9.17, 15) is 14.3 Å². The average molecular weight is 263 g/mol. The Morgan fingerprint density at radius 3 is 2.79 bits per heavy atom. The van der Waals surface area contributed by atoms with Gasteiger partial charge in [-0.1, -0.05) is 15.9 Å². The Morgan fingerprint density at radius 1 is 1.57 bits per heavy atom. The van der Waals surface area contributed by atoms with Crippen molar-refractivity contribution in [1.82, 2.24) is 0 Å². The first-order valence-corrected chi connectivity index (χ1v) is 4.65. The Balaban J connectivity index is 2.93. The SMILES string of the molecule is O=C(O)C[C@@H](O)c1cc(Br)ccc1F. The Hall–Kier alpha value is -0.940. The standard InChI is InChI=1S/C9H8BrFO3/c10-5-1-2-7(11)6(3-5)8(12)4-9(13)14/h1-3,8,12H,4H2,(H,13,14)/t8-/m1/s1. The topological polar surface area (TPSA) is 57.5 Å². The minimum atomic E-state index is -1.31. The van der Waals surface area contributed by atoms with E-state index >= 15 is 0 Å². The van der Waals surface area contributed by atoms with Gasteiger partial charge in [-0.3, -0.25) is 4.79 Å². The van der Waals surface area contributed by atoms with Crippen LogP contribution in [-0.2, 0) is 4.79 Å². The molecule has 3 nitrogen and oxygen atoms in total. The van der Waals surface area contributed by atoms with E-state index in [0.717, 1.165) is 0 Å². The summed E-state index contributed by atoms with van der Waals surface area (Å²) in [4.78, 5) is 10.3. The molecule has 0 aliphatic carbocycles. The Bertz CT molecular complexity index is 354. The predicted molar refractivity (Wildman–Crippen MR) is 51.3 cm³/mol. The molecule has 2 N–H and O–H groups in total. The highest BCUT2D eigenvalue weighted by molar-refractivity contribution is 9.10. The van der Waals surface area contributed by atoms with Crippen LogP contribution in [0, 0.1) is 5.82 Å². The van der Waals surface area contributed by atoms with E-state index in [-0.39, 0.29) is 5.56 Å². The van der Waals surface area contributed by atoms with Crippen LogP contribution in [0.2, 0.25) is 0 Å². The maximum atomic E-state index is 13.1. The lowest BCUT2D eigenvalue weighted by Crippen LogP contribution is -2.07. The number of benzene rings is 1. The first kappa shape index (κ1) is 11.1. The molecular weight excluding hydrogens is 255 g/mol. The van der Waals surface area contributed by atoms with Gasteiger partial charge in [-0.15, -0.1) is 0 Å². The zero-order valence-electron chi connectivity index (χ0n) is 7.08. The summed E-state index contributed by atoms with van der Waals surface area (Å²) in [5.74, 6) is -1.78. The van der Waals surface area contributed by atoms with E-state index in [1.54, 1.807) is 0 Å². The summed E-state index contributed by atoms with van der Waals surface area (Å²) in [7, 11) is 0. The summed E-state index contributed by atoms with van der Waals surface area (Å²) in [6, 6.07) is 4.01. The third-order valence-electron chi connectivity index (χ3n) is 1.69. The molecule has 0 saturated carbocycles.